The summed E-state index contributed by atoms with van der Waals surface area (Å²) in [5.74, 6) is -0.0658. The molecular formula is C9H11ClF3N3O2S. The van der Waals surface area contributed by atoms with Gasteiger partial charge >= 0.3 is 6.18 Å². The molecule has 19 heavy (non-hydrogen) atoms. The highest BCUT2D eigenvalue weighted by molar-refractivity contribution is 7.89. The van der Waals surface area contributed by atoms with Crippen LogP contribution in [0, 0.1) is 0 Å². The van der Waals surface area contributed by atoms with Crippen LogP contribution in [0.4, 0.5) is 19.0 Å². The Labute approximate surface area is 113 Å². The van der Waals surface area contributed by atoms with Gasteiger partial charge in [-0.2, -0.15) is 13.2 Å². The molecule has 108 valence electrons. The van der Waals surface area contributed by atoms with Crippen LogP contribution in [0.1, 0.15) is 13.3 Å². The SMILES string of the molecule is CC(CC(F)(F)F)NS(=O)(=O)c1cnc(N)c(Cl)c1. The van der Waals surface area contributed by atoms with E-state index in [4.69, 9.17) is 17.3 Å². The summed E-state index contributed by atoms with van der Waals surface area (Å²) in [4.78, 5) is 3.18. The van der Waals surface area contributed by atoms with Crippen molar-refractivity contribution in [2.24, 2.45) is 0 Å². The van der Waals surface area contributed by atoms with Crippen LogP contribution in [-0.2, 0) is 10.0 Å². The summed E-state index contributed by atoms with van der Waals surface area (Å²) < 4.78 is 61.8. The highest BCUT2D eigenvalue weighted by atomic mass is 35.5. The Kier molecular flexibility index (Phi) is 4.64. The molecular weight excluding hydrogens is 307 g/mol. The number of sulfonamides is 1. The molecule has 0 radical (unpaired) electrons. The van der Waals surface area contributed by atoms with Crippen LogP contribution in [0.25, 0.3) is 0 Å². The second kappa shape index (κ2) is 5.51. The number of nitrogen functional groups attached to an aromatic ring is 1. The number of anilines is 1. The molecule has 0 saturated heterocycles. The van der Waals surface area contributed by atoms with E-state index >= 15 is 0 Å². The molecule has 0 aliphatic heterocycles. The zero-order valence-corrected chi connectivity index (χ0v) is 11.3. The molecule has 0 amide bonds. The maximum Gasteiger partial charge on any atom is 0.390 e. The first kappa shape index (κ1) is 16.0. The number of nitrogens with zero attached hydrogens (tertiary/aromatic N) is 1. The predicted molar refractivity (Wildman–Crippen MR) is 64.1 cm³/mol. The number of hydrogen-bond donors (Lipinski definition) is 2. The van der Waals surface area contributed by atoms with E-state index in [2.05, 4.69) is 4.98 Å². The Hall–Kier alpha value is -1.06. The number of alkyl halides is 3. The standard InChI is InChI=1S/C9H11ClF3N3O2S/c1-5(3-9(11,12)13)16-19(17,18)6-2-7(10)8(14)15-4-6/h2,4-5,16H,3H2,1H3,(H2,14,15). The van der Waals surface area contributed by atoms with Crippen molar-refractivity contribution in [3.05, 3.63) is 17.3 Å². The molecule has 0 saturated carbocycles. The minimum absolute atomic E-state index is 0.0658. The minimum Gasteiger partial charge on any atom is -0.382 e. The average molecular weight is 318 g/mol. The number of rotatable bonds is 4. The molecule has 1 rings (SSSR count). The molecule has 0 aliphatic carbocycles. The summed E-state index contributed by atoms with van der Waals surface area (Å²) in [6, 6.07) is -0.284. The monoisotopic (exact) mass is 317 g/mol. The highest BCUT2D eigenvalue weighted by Crippen LogP contribution is 2.23. The van der Waals surface area contributed by atoms with E-state index in [0.717, 1.165) is 19.2 Å². The van der Waals surface area contributed by atoms with Crippen LogP contribution in [-0.4, -0.2) is 25.6 Å². The number of pyridine rings is 1. The molecule has 10 heteroatoms. The summed E-state index contributed by atoms with van der Waals surface area (Å²) in [5, 5.41) is -0.0913. The molecule has 3 N–H and O–H groups in total. The van der Waals surface area contributed by atoms with Gasteiger partial charge in [-0.25, -0.2) is 18.1 Å². The zero-order valence-electron chi connectivity index (χ0n) is 9.70. The first-order valence-electron chi connectivity index (χ1n) is 5.01. The van der Waals surface area contributed by atoms with Crippen LogP contribution in [0.3, 0.4) is 0 Å². The first-order chi connectivity index (χ1) is 8.51. The lowest BCUT2D eigenvalue weighted by Crippen LogP contribution is -2.36. The lowest BCUT2D eigenvalue weighted by Gasteiger charge is -2.16. The Balaban J connectivity index is 2.89. The van der Waals surface area contributed by atoms with Crippen LogP contribution in [0.5, 0.6) is 0 Å². The summed E-state index contributed by atoms with van der Waals surface area (Å²) in [7, 11) is -4.12. The topological polar surface area (TPSA) is 85.1 Å². The molecule has 0 fully saturated rings. The third kappa shape index (κ3) is 4.84. The molecule has 1 aromatic heterocycles. The average Bonchev–Trinajstić information content (AvgIpc) is 2.17. The van der Waals surface area contributed by atoms with Crippen LogP contribution in [0.2, 0.25) is 5.02 Å². The molecule has 1 unspecified atom stereocenters. The van der Waals surface area contributed by atoms with Crippen LogP contribution in [0.15, 0.2) is 17.2 Å². The Morgan fingerprint density at radius 2 is 2.11 bits per heavy atom. The Bertz CT molecular complexity index is 562. The van der Waals surface area contributed by atoms with Gasteiger partial charge in [0.05, 0.1) is 11.4 Å². The summed E-state index contributed by atoms with van der Waals surface area (Å²) >= 11 is 5.60. The van der Waals surface area contributed by atoms with Crippen molar-refractivity contribution in [2.45, 2.75) is 30.5 Å². The largest absolute Gasteiger partial charge is 0.390 e. The van der Waals surface area contributed by atoms with Crippen LogP contribution >= 0.6 is 11.6 Å². The predicted octanol–water partition coefficient (Wildman–Crippen LogP) is 1.94. The van der Waals surface area contributed by atoms with Gasteiger partial charge in [0, 0.05) is 12.2 Å². The van der Waals surface area contributed by atoms with Crippen molar-refractivity contribution in [3.8, 4) is 0 Å². The van der Waals surface area contributed by atoms with Gasteiger partial charge < -0.3 is 5.73 Å². The number of nitrogens with one attached hydrogen (secondary N) is 1. The van der Waals surface area contributed by atoms with E-state index < -0.39 is 28.7 Å². The maximum atomic E-state index is 12.1. The summed E-state index contributed by atoms with van der Waals surface area (Å²) in [6.07, 6.45) is -4.81. The molecule has 0 aromatic carbocycles. The van der Waals surface area contributed by atoms with Crippen molar-refractivity contribution in [2.75, 3.05) is 5.73 Å². The van der Waals surface area contributed by atoms with Gasteiger partial charge in [-0.3, -0.25) is 0 Å². The van der Waals surface area contributed by atoms with Gasteiger partial charge in [0.25, 0.3) is 0 Å². The van der Waals surface area contributed by atoms with Gasteiger partial charge in [0.15, 0.2) is 0 Å². The van der Waals surface area contributed by atoms with E-state index in [1.165, 1.54) is 0 Å². The third-order valence-corrected chi connectivity index (χ3v) is 3.91. The van der Waals surface area contributed by atoms with Gasteiger partial charge in [0.1, 0.15) is 10.7 Å². The molecule has 5 nitrogen and oxygen atoms in total. The van der Waals surface area contributed by atoms with Gasteiger partial charge in [0.2, 0.25) is 10.0 Å². The fourth-order valence-electron chi connectivity index (χ4n) is 1.30. The lowest BCUT2D eigenvalue weighted by molar-refractivity contribution is -0.137. The van der Waals surface area contributed by atoms with Crippen molar-refractivity contribution in [1.82, 2.24) is 9.71 Å². The number of aromatic nitrogens is 1. The van der Waals surface area contributed by atoms with E-state index in [-0.39, 0.29) is 15.7 Å². The van der Waals surface area contributed by atoms with Crippen LogP contribution < -0.4 is 10.5 Å². The fourth-order valence-corrected chi connectivity index (χ4v) is 2.74. The van der Waals surface area contributed by atoms with E-state index in [1.54, 1.807) is 0 Å². The second-order valence-electron chi connectivity index (χ2n) is 3.88. The van der Waals surface area contributed by atoms with Crippen molar-refractivity contribution in [3.63, 3.8) is 0 Å². The van der Waals surface area contributed by atoms with E-state index in [0.29, 0.717) is 0 Å². The minimum atomic E-state index is -4.46. The van der Waals surface area contributed by atoms with Gasteiger partial charge in [-0.05, 0) is 13.0 Å². The normalized spacial score (nSPS) is 14.4. The Morgan fingerprint density at radius 3 is 2.58 bits per heavy atom. The molecule has 0 aliphatic rings. The smallest absolute Gasteiger partial charge is 0.382 e. The third-order valence-electron chi connectivity index (χ3n) is 2.05. The molecule has 1 aromatic rings. The number of halogens is 4. The molecule has 1 atom stereocenters. The zero-order chi connectivity index (χ0) is 14.8. The number of nitrogens with two attached hydrogens (primary N) is 1. The summed E-state index contributed by atoms with van der Waals surface area (Å²) in [6.45, 7) is 1.11. The highest BCUT2D eigenvalue weighted by Gasteiger charge is 2.32. The maximum absolute atomic E-state index is 12.1. The molecule has 1 heterocycles. The van der Waals surface area contributed by atoms with Crippen molar-refractivity contribution < 1.29 is 21.6 Å². The Morgan fingerprint density at radius 1 is 1.53 bits per heavy atom. The summed E-state index contributed by atoms with van der Waals surface area (Å²) in [5.41, 5.74) is 5.31. The number of hydrogen-bond acceptors (Lipinski definition) is 4. The molecule has 0 bridgehead atoms. The fraction of sp³-hybridized carbons (Fsp3) is 0.444. The van der Waals surface area contributed by atoms with Crippen molar-refractivity contribution >= 4 is 27.4 Å². The van der Waals surface area contributed by atoms with Gasteiger partial charge in [-0.15, -0.1) is 0 Å². The molecule has 0 spiro atoms. The van der Waals surface area contributed by atoms with Gasteiger partial charge in [-0.1, -0.05) is 11.6 Å². The van der Waals surface area contributed by atoms with E-state index in [9.17, 15) is 21.6 Å². The van der Waals surface area contributed by atoms with E-state index in [1.807, 2.05) is 4.72 Å². The second-order valence-corrected chi connectivity index (χ2v) is 6.00. The lowest BCUT2D eigenvalue weighted by atomic mass is 10.2. The first-order valence-corrected chi connectivity index (χ1v) is 6.87. The van der Waals surface area contributed by atoms with Crippen molar-refractivity contribution in [1.29, 1.82) is 0 Å². The quantitative estimate of drug-likeness (QED) is 0.888.